The summed E-state index contributed by atoms with van der Waals surface area (Å²) in [5, 5.41) is 13.0. The third-order valence-corrected chi connectivity index (χ3v) is 4.31. The molecule has 18 heavy (non-hydrogen) atoms. The summed E-state index contributed by atoms with van der Waals surface area (Å²) in [6.45, 7) is 7.60. The van der Waals surface area contributed by atoms with Gasteiger partial charge in [0.2, 0.25) is 0 Å². The Kier molecular flexibility index (Phi) is 5.89. The average molecular weight is 256 g/mol. The third kappa shape index (κ3) is 3.67. The predicted molar refractivity (Wildman–Crippen MR) is 72.7 cm³/mol. The highest BCUT2D eigenvalue weighted by Gasteiger charge is 2.31. The molecule has 2 heterocycles. The maximum atomic E-state index is 9.38. The molecule has 2 fully saturated rings. The summed E-state index contributed by atoms with van der Waals surface area (Å²) in [6, 6.07) is 0.984. The van der Waals surface area contributed by atoms with Crippen LogP contribution in [0.4, 0.5) is 0 Å². The zero-order chi connectivity index (χ0) is 12.8. The lowest BCUT2D eigenvalue weighted by atomic mass is 9.94. The third-order valence-electron chi connectivity index (χ3n) is 4.31. The lowest BCUT2D eigenvalue weighted by Gasteiger charge is -2.36. The van der Waals surface area contributed by atoms with Gasteiger partial charge in [0, 0.05) is 31.2 Å². The molecule has 2 aliphatic rings. The highest BCUT2D eigenvalue weighted by atomic mass is 16.5. The summed E-state index contributed by atoms with van der Waals surface area (Å²) in [7, 11) is 0. The van der Waals surface area contributed by atoms with Crippen LogP contribution in [0.15, 0.2) is 0 Å². The zero-order valence-electron chi connectivity index (χ0n) is 11.6. The predicted octanol–water partition coefficient (Wildman–Crippen LogP) is 0.848. The molecule has 0 saturated carbocycles. The molecule has 0 aromatic rings. The fourth-order valence-electron chi connectivity index (χ4n) is 3.22. The van der Waals surface area contributed by atoms with Gasteiger partial charge in [0.15, 0.2) is 0 Å². The quantitative estimate of drug-likeness (QED) is 0.739. The first-order valence-corrected chi connectivity index (χ1v) is 7.51. The standard InChI is InChI=1S/C14H28N2O2/c1-2-6-15-14-5-8-18-11-12(14)9-16-7-3-4-13(16)10-17/h12-15,17H,2-11H2,1H3. The van der Waals surface area contributed by atoms with Crippen LogP contribution in [0.2, 0.25) is 0 Å². The number of hydrogen-bond donors (Lipinski definition) is 2. The molecular weight excluding hydrogens is 228 g/mol. The fraction of sp³-hybridized carbons (Fsp3) is 1.00. The van der Waals surface area contributed by atoms with Gasteiger partial charge in [-0.2, -0.15) is 0 Å². The van der Waals surface area contributed by atoms with Crippen molar-refractivity contribution in [3.63, 3.8) is 0 Å². The number of hydrogen-bond acceptors (Lipinski definition) is 4. The minimum atomic E-state index is 0.306. The first-order valence-electron chi connectivity index (χ1n) is 7.51. The number of ether oxygens (including phenoxy) is 1. The molecule has 2 rings (SSSR count). The Balaban J connectivity index is 1.84. The Hall–Kier alpha value is -0.160. The maximum Gasteiger partial charge on any atom is 0.0586 e. The zero-order valence-corrected chi connectivity index (χ0v) is 11.6. The number of nitrogens with one attached hydrogen (secondary N) is 1. The molecule has 0 radical (unpaired) electrons. The second-order valence-electron chi connectivity index (χ2n) is 5.66. The van der Waals surface area contributed by atoms with E-state index >= 15 is 0 Å². The van der Waals surface area contributed by atoms with Gasteiger partial charge in [0.25, 0.3) is 0 Å². The largest absolute Gasteiger partial charge is 0.395 e. The number of likely N-dealkylation sites (tertiary alicyclic amines) is 1. The molecule has 2 aliphatic heterocycles. The van der Waals surface area contributed by atoms with Crippen molar-refractivity contribution in [2.24, 2.45) is 5.92 Å². The van der Waals surface area contributed by atoms with Crippen LogP contribution < -0.4 is 5.32 Å². The Morgan fingerprint density at radius 1 is 1.39 bits per heavy atom. The SMILES string of the molecule is CCCNC1CCOCC1CN1CCCC1CO. The molecule has 3 unspecified atom stereocenters. The van der Waals surface area contributed by atoms with Crippen LogP contribution in [0.5, 0.6) is 0 Å². The molecule has 2 saturated heterocycles. The van der Waals surface area contributed by atoms with E-state index in [2.05, 4.69) is 17.1 Å². The monoisotopic (exact) mass is 256 g/mol. The lowest BCUT2D eigenvalue weighted by Crippen LogP contribution is -2.49. The van der Waals surface area contributed by atoms with Gasteiger partial charge >= 0.3 is 0 Å². The van der Waals surface area contributed by atoms with Gasteiger partial charge in [-0.25, -0.2) is 0 Å². The first-order chi connectivity index (χ1) is 8.85. The van der Waals surface area contributed by atoms with Crippen LogP contribution in [-0.4, -0.2) is 61.5 Å². The summed E-state index contributed by atoms with van der Waals surface area (Å²) in [6.07, 6.45) is 4.69. The second-order valence-corrected chi connectivity index (χ2v) is 5.66. The second kappa shape index (κ2) is 7.43. The van der Waals surface area contributed by atoms with Gasteiger partial charge in [-0.05, 0) is 38.8 Å². The van der Waals surface area contributed by atoms with Crippen molar-refractivity contribution < 1.29 is 9.84 Å². The minimum absolute atomic E-state index is 0.306. The molecule has 106 valence electrons. The van der Waals surface area contributed by atoms with E-state index in [-0.39, 0.29) is 0 Å². The van der Waals surface area contributed by atoms with Gasteiger partial charge < -0.3 is 15.2 Å². The molecule has 0 aromatic carbocycles. The Bertz CT molecular complexity index is 238. The van der Waals surface area contributed by atoms with E-state index in [0.29, 0.717) is 24.6 Å². The van der Waals surface area contributed by atoms with Gasteiger partial charge in [0.1, 0.15) is 0 Å². The molecular formula is C14H28N2O2. The lowest BCUT2D eigenvalue weighted by molar-refractivity contribution is 0.0113. The number of rotatable bonds is 6. The van der Waals surface area contributed by atoms with Crippen LogP contribution in [-0.2, 0) is 4.74 Å². The highest BCUT2D eigenvalue weighted by molar-refractivity contribution is 4.86. The topological polar surface area (TPSA) is 44.7 Å². The molecule has 3 atom stereocenters. The van der Waals surface area contributed by atoms with Crippen LogP contribution in [0.25, 0.3) is 0 Å². The summed E-state index contributed by atoms with van der Waals surface area (Å²) in [5.41, 5.74) is 0. The van der Waals surface area contributed by atoms with Crippen molar-refractivity contribution in [3.05, 3.63) is 0 Å². The van der Waals surface area contributed by atoms with Crippen LogP contribution in [0.3, 0.4) is 0 Å². The fourth-order valence-corrected chi connectivity index (χ4v) is 3.22. The van der Waals surface area contributed by atoms with E-state index in [1.807, 2.05) is 0 Å². The molecule has 0 spiro atoms. The van der Waals surface area contributed by atoms with Gasteiger partial charge in [-0.1, -0.05) is 6.92 Å². The van der Waals surface area contributed by atoms with Crippen LogP contribution in [0.1, 0.15) is 32.6 Å². The molecule has 4 heteroatoms. The number of nitrogens with zero attached hydrogens (tertiary/aromatic N) is 1. The Labute approximate surface area is 111 Å². The van der Waals surface area contributed by atoms with Crippen molar-refractivity contribution in [1.82, 2.24) is 10.2 Å². The number of aliphatic hydroxyl groups is 1. The highest BCUT2D eigenvalue weighted by Crippen LogP contribution is 2.22. The van der Waals surface area contributed by atoms with Crippen molar-refractivity contribution in [1.29, 1.82) is 0 Å². The normalized spacial score (nSPS) is 34.0. The summed E-state index contributed by atoms with van der Waals surface area (Å²) >= 11 is 0. The van der Waals surface area contributed by atoms with E-state index in [1.54, 1.807) is 0 Å². The Morgan fingerprint density at radius 3 is 3.06 bits per heavy atom. The average Bonchev–Trinajstić information content (AvgIpc) is 2.85. The smallest absolute Gasteiger partial charge is 0.0586 e. The van der Waals surface area contributed by atoms with Gasteiger partial charge in [0.05, 0.1) is 13.2 Å². The van der Waals surface area contributed by atoms with Crippen molar-refractivity contribution >= 4 is 0 Å². The van der Waals surface area contributed by atoms with Crippen molar-refractivity contribution in [3.8, 4) is 0 Å². The molecule has 0 aromatic heterocycles. The molecule has 0 aliphatic carbocycles. The Morgan fingerprint density at radius 2 is 2.28 bits per heavy atom. The summed E-state index contributed by atoms with van der Waals surface area (Å²) < 4.78 is 5.64. The summed E-state index contributed by atoms with van der Waals surface area (Å²) in [5.74, 6) is 0.581. The van der Waals surface area contributed by atoms with E-state index < -0.39 is 0 Å². The number of aliphatic hydroxyl groups excluding tert-OH is 1. The van der Waals surface area contributed by atoms with E-state index in [9.17, 15) is 5.11 Å². The van der Waals surface area contributed by atoms with Crippen LogP contribution >= 0.6 is 0 Å². The van der Waals surface area contributed by atoms with E-state index in [1.165, 1.54) is 12.8 Å². The van der Waals surface area contributed by atoms with E-state index in [0.717, 1.165) is 45.7 Å². The van der Waals surface area contributed by atoms with Crippen molar-refractivity contribution in [2.45, 2.75) is 44.7 Å². The summed E-state index contributed by atoms with van der Waals surface area (Å²) in [4.78, 5) is 2.46. The molecule has 0 amide bonds. The molecule has 2 N–H and O–H groups in total. The van der Waals surface area contributed by atoms with Gasteiger partial charge in [-0.15, -0.1) is 0 Å². The minimum Gasteiger partial charge on any atom is -0.395 e. The van der Waals surface area contributed by atoms with Crippen molar-refractivity contribution in [2.75, 3.05) is 39.5 Å². The van der Waals surface area contributed by atoms with Gasteiger partial charge in [-0.3, -0.25) is 4.90 Å². The molecule has 0 bridgehead atoms. The first kappa shape index (κ1) is 14.3. The molecule has 4 nitrogen and oxygen atoms in total. The van der Waals surface area contributed by atoms with E-state index in [4.69, 9.17) is 4.74 Å². The maximum absolute atomic E-state index is 9.38. The van der Waals surface area contributed by atoms with Crippen LogP contribution in [0, 0.1) is 5.92 Å².